The molecular weight excluding hydrogens is 702 g/mol. The first-order chi connectivity index (χ1) is 25.9. The van der Waals surface area contributed by atoms with Crippen LogP contribution in [0.25, 0.3) is 0 Å². The number of nitrogens with one attached hydrogen (secondary N) is 1. The Hall–Kier alpha value is -4.90. The molecule has 0 fully saturated rings. The van der Waals surface area contributed by atoms with E-state index in [1.54, 1.807) is 38.1 Å². The maximum Gasteiger partial charge on any atom is 0.511 e. The van der Waals surface area contributed by atoms with Gasteiger partial charge in [-0.1, -0.05) is 82.6 Å². The summed E-state index contributed by atoms with van der Waals surface area (Å²) in [4.78, 5) is 74.7. The van der Waals surface area contributed by atoms with Crippen LogP contribution < -0.4 is 10.1 Å². The zero-order chi connectivity index (χ0) is 40.2. The highest BCUT2D eigenvalue weighted by Gasteiger charge is 2.49. The highest BCUT2D eigenvalue weighted by molar-refractivity contribution is 5.94. The molecule has 54 heavy (non-hydrogen) atoms. The van der Waals surface area contributed by atoms with Gasteiger partial charge in [0.05, 0.1) is 18.9 Å². The maximum atomic E-state index is 13.7. The first kappa shape index (κ1) is 47.1. The Kier molecular flexibility index (Phi) is 24.1. The number of esters is 1. The maximum absolute atomic E-state index is 13.7. The van der Waals surface area contributed by atoms with Crippen molar-refractivity contribution in [2.24, 2.45) is 5.92 Å². The number of aliphatic carboxylic acids is 2. The third-order valence-electron chi connectivity index (χ3n) is 8.31. The van der Waals surface area contributed by atoms with Crippen LogP contribution in [0.1, 0.15) is 116 Å². The van der Waals surface area contributed by atoms with Crippen molar-refractivity contribution >= 4 is 35.8 Å². The number of carboxylic acids is 2. The van der Waals surface area contributed by atoms with E-state index in [9.17, 15) is 44.1 Å². The average Bonchev–Trinajstić information content (AvgIpc) is 3.13. The van der Waals surface area contributed by atoms with E-state index in [4.69, 9.17) is 18.9 Å². The monoisotopic (exact) mass is 759 g/mol. The SMILES string of the molecule is CC#CCOc1ccc(C[C@H](NC(=O)[C@@H](/C=C/CCCCCCC(=O)CCCCCCC)[C@@](O)(CC(=O)O)C(=O)O)C(=O)OCOC(=O)OCCC)cc1. The van der Waals surface area contributed by atoms with Crippen molar-refractivity contribution in [3.63, 3.8) is 0 Å². The van der Waals surface area contributed by atoms with Gasteiger partial charge < -0.3 is 39.6 Å². The van der Waals surface area contributed by atoms with Gasteiger partial charge in [-0.2, -0.15) is 0 Å². The Morgan fingerprint density at radius 3 is 2.09 bits per heavy atom. The lowest BCUT2D eigenvalue weighted by Gasteiger charge is -2.29. The number of unbranched alkanes of at least 4 members (excludes halogenated alkanes) is 8. The summed E-state index contributed by atoms with van der Waals surface area (Å²) in [5, 5.41) is 32.9. The Morgan fingerprint density at radius 2 is 1.50 bits per heavy atom. The zero-order valence-corrected chi connectivity index (χ0v) is 31.8. The second-order valence-electron chi connectivity index (χ2n) is 12.8. The number of aliphatic hydroxyl groups is 1. The number of hydrogen-bond donors (Lipinski definition) is 4. The van der Waals surface area contributed by atoms with Crippen molar-refractivity contribution in [2.45, 2.75) is 129 Å². The van der Waals surface area contributed by atoms with Crippen molar-refractivity contribution < 1.29 is 63.0 Å². The second-order valence-corrected chi connectivity index (χ2v) is 12.8. The number of amides is 1. The first-order valence-electron chi connectivity index (χ1n) is 18.6. The van der Waals surface area contributed by atoms with E-state index in [0.717, 1.165) is 51.0 Å². The minimum atomic E-state index is -3.08. The number of ether oxygens (including phenoxy) is 4. The number of Topliss-reactive ketones (excluding diaryl/α,β-unsaturated/α-hetero) is 1. The zero-order valence-electron chi connectivity index (χ0n) is 31.8. The van der Waals surface area contributed by atoms with Crippen molar-refractivity contribution in [3.05, 3.63) is 42.0 Å². The third-order valence-corrected chi connectivity index (χ3v) is 8.31. The van der Waals surface area contributed by atoms with Crippen LogP contribution in [0.4, 0.5) is 4.79 Å². The lowest BCUT2D eigenvalue weighted by molar-refractivity contribution is -0.172. The molecule has 4 N–H and O–H groups in total. The molecule has 0 saturated carbocycles. The van der Waals surface area contributed by atoms with Gasteiger partial charge in [-0.15, -0.1) is 5.92 Å². The van der Waals surface area contributed by atoms with Crippen LogP contribution in [-0.4, -0.2) is 82.7 Å². The van der Waals surface area contributed by atoms with Gasteiger partial charge in [-0.3, -0.25) is 14.4 Å². The molecule has 0 unspecified atom stereocenters. The number of carbonyl (C=O) groups is 6. The van der Waals surface area contributed by atoms with Gasteiger partial charge in [-0.05, 0) is 56.7 Å². The third kappa shape index (κ3) is 19.8. The van der Waals surface area contributed by atoms with E-state index in [2.05, 4.69) is 24.1 Å². The number of allylic oxidation sites excluding steroid dienone is 1. The van der Waals surface area contributed by atoms with Gasteiger partial charge in [-0.25, -0.2) is 14.4 Å². The van der Waals surface area contributed by atoms with Gasteiger partial charge in [0.25, 0.3) is 0 Å². The van der Waals surface area contributed by atoms with Gasteiger partial charge in [0.15, 0.2) is 5.60 Å². The summed E-state index contributed by atoms with van der Waals surface area (Å²) in [7, 11) is 0. The van der Waals surface area contributed by atoms with Crippen molar-refractivity contribution in [3.8, 4) is 17.6 Å². The quantitative estimate of drug-likeness (QED) is 0.0246. The Morgan fingerprint density at radius 1 is 0.852 bits per heavy atom. The van der Waals surface area contributed by atoms with Gasteiger partial charge in [0.2, 0.25) is 12.7 Å². The largest absolute Gasteiger partial charge is 0.511 e. The van der Waals surface area contributed by atoms with E-state index in [-0.39, 0.29) is 25.4 Å². The molecule has 1 amide bonds. The fraction of sp³-hybridized carbons (Fsp3) is 0.600. The summed E-state index contributed by atoms with van der Waals surface area (Å²) in [6.45, 7) is 4.96. The molecule has 14 nitrogen and oxygen atoms in total. The number of benzene rings is 1. The number of carboxylic acid groups (broad SMARTS) is 2. The summed E-state index contributed by atoms with van der Waals surface area (Å²) < 4.78 is 20.1. The van der Waals surface area contributed by atoms with E-state index in [1.807, 2.05) is 0 Å². The standard InChI is InChI=1S/C40H57NO13/c1-4-7-9-12-15-18-31(42)19-16-13-10-11-14-17-20-33(40(50,38(47)48)28-35(43)44)36(45)41-34(37(46)53-29-54-39(49)52-25-6-3)27-30-21-23-32(24-22-30)51-26-8-5-2/h17,20-24,33-34,50H,4,6-7,9-16,18-19,25-29H2,1-3H3,(H,41,45)(H,43,44)(H,47,48)/b20-17+/t33-,34+,40+/m1/s1. The van der Waals surface area contributed by atoms with Crippen LogP contribution in [0.5, 0.6) is 5.75 Å². The van der Waals surface area contributed by atoms with Gasteiger partial charge in [0, 0.05) is 19.3 Å². The molecule has 0 saturated heterocycles. The average molecular weight is 760 g/mol. The molecule has 300 valence electrons. The molecule has 0 aromatic heterocycles. The summed E-state index contributed by atoms with van der Waals surface area (Å²) in [6.07, 6.45) is 10.4. The van der Waals surface area contributed by atoms with Crippen molar-refractivity contribution in [1.82, 2.24) is 5.32 Å². The molecule has 0 radical (unpaired) electrons. The minimum Gasteiger partial charge on any atom is -0.481 e. The molecule has 0 aliphatic rings. The smallest absolute Gasteiger partial charge is 0.481 e. The minimum absolute atomic E-state index is 0.0776. The van der Waals surface area contributed by atoms with Crippen LogP contribution in [0.3, 0.4) is 0 Å². The fourth-order valence-corrected chi connectivity index (χ4v) is 5.30. The highest BCUT2D eigenvalue weighted by atomic mass is 16.8. The van der Waals surface area contributed by atoms with E-state index < -0.39 is 60.7 Å². The fourth-order valence-electron chi connectivity index (χ4n) is 5.30. The second kappa shape index (κ2) is 27.7. The van der Waals surface area contributed by atoms with E-state index >= 15 is 0 Å². The molecule has 3 atom stereocenters. The lowest BCUT2D eigenvalue weighted by atomic mass is 9.82. The van der Waals surface area contributed by atoms with Crippen LogP contribution in [-0.2, 0) is 44.6 Å². The molecule has 0 aliphatic heterocycles. The molecule has 0 spiro atoms. The Balaban J connectivity index is 3.08. The van der Waals surface area contributed by atoms with Crippen LogP contribution in [0.15, 0.2) is 36.4 Å². The number of ketones is 1. The number of rotatable bonds is 29. The number of hydrogen-bond acceptors (Lipinski definition) is 11. The van der Waals surface area contributed by atoms with Crippen LogP contribution in [0.2, 0.25) is 0 Å². The predicted octanol–water partition coefficient (Wildman–Crippen LogP) is 5.91. The normalized spacial score (nSPS) is 13.0. The van der Waals surface area contributed by atoms with Gasteiger partial charge in [0.1, 0.15) is 24.2 Å². The molecule has 0 aliphatic carbocycles. The predicted molar refractivity (Wildman–Crippen MR) is 198 cm³/mol. The van der Waals surface area contributed by atoms with Crippen LogP contribution >= 0.6 is 0 Å². The van der Waals surface area contributed by atoms with Crippen molar-refractivity contribution in [1.29, 1.82) is 0 Å². The molecular formula is C40H57NO13. The molecule has 1 rings (SSSR count). The molecule has 1 aromatic rings. The van der Waals surface area contributed by atoms with Gasteiger partial charge >= 0.3 is 24.1 Å². The summed E-state index contributed by atoms with van der Waals surface area (Å²) in [5.74, 6) is -1.59. The molecule has 0 bridgehead atoms. The lowest BCUT2D eigenvalue weighted by Crippen LogP contribution is -2.55. The van der Waals surface area contributed by atoms with Crippen LogP contribution in [0, 0.1) is 17.8 Å². The number of carbonyl (C=O) groups excluding carboxylic acids is 4. The highest BCUT2D eigenvalue weighted by Crippen LogP contribution is 2.26. The topological polar surface area (TPSA) is 212 Å². The Labute approximate surface area is 318 Å². The summed E-state index contributed by atoms with van der Waals surface area (Å²) in [6, 6.07) is 4.94. The van der Waals surface area contributed by atoms with E-state index in [1.165, 1.54) is 12.5 Å². The molecule has 0 heterocycles. The molecule has 1 aromatic carbocycles. The molecule has 14 heteroatoms. The summed E-state index contributed by atoms with van der Waals surface area (Å²) in [5.41, 5.74) is -2.57. The Bertz CT molecular complexity index is 1410. The first-order valence-corrected chi connectivity index (χ1v) is 18.6. The van der Waals surface area contributed by atoms with E-state index in [0.29, 0.717) is 43.4 Å². The van der Waals surface area contributed by atoms with Crippen molar-refractivity contribution in [2.75, 3.05) is 20.0 Å². The summed E-state index contributed by atoms with van der Waals surface area (Å²) >= 11 is 0.